The molecule has 0 spiro atoms. The normalized spacial score (nSPS) is 18.0. The first-order chi connectivity index (χ1) is 11.6. The number of aliphatic hydroxyl groups is 1. The molecule has 1 aromatic heterocycles. The molecule has 0 bridgehead atoms. The molecule has 1 heterocycles. The van der Waals surface area contributed by atoms with Gasteiger partial charge in [0.2, 0.25) is 0 Å². The van der Waals surface area contributed by atoms with Crippen LogP contribution >= 0.6 is 11.8 Å². The van der Waals surface area contributed by atoms with Crippen molar-refractivity contribution < 1.29 is 14.6 Å². The molecule has 1 atom stereocenters. The Labute approximate surface area is 145 Å². The molecule has 0 radical (unpaired) electrons. The van der Waals surface area contributed by atoms with Crippen LogP contribution in [0.25, 0.3) is 0 Å². The van der Waals surface area contributed by atoms with Gasteiger partial charge in [0, 0.05) is 6.20 Å². The summed E-state index contributed by atoms with van der Waals surface area (Å²) in [6.07, 6.45) is 5.83. The molecule has 8 heteroatoms. The molecule has 1 unspecified atom stereocenters. The molecular weight excluding hydrogens is 328 g/mol. The summed E-state index contributed by atoms with van der Waals surface area (Å²) < 4.78 is 5.09. The third kappa shape index (κ3) is 4.18. The maximum Gasteiger partial charge on any atom is 0.352 e. The molecular formula is C16H22N4O3S. The van der Waals surface area contributed by atoms with Gasteiger partial charge >= 0.3 is 5.97 Å². The lowest BCUT2D eigenvalue weighted by Gasteiger charge is -2.17. The first kappa shape index (κ1) is 18.5. The van der Waals surface area contributed by atoms with E-state index in [-0.39, 0.29) is 31.2 Å². The standard InChI is InChI=1S/C16H22N4O3S/c1-3-23-15(22)14(18-7-8-21)11-6-4-5-10-9-19-16(24-2)20-13(10)12(11)17/h9,11,17,21H,3-8H2,1-2H3. The third-order valence-electron chi connectivity index (χ3n) is 3.76. The Balaban J connectivity index is 2.40. The van der Waals surface area contributed by atoms with Crippen LogP contribution in [-0.2, 0) is 16.0 Å². The summed E-state index contributed by atoms with van der Waals surface area (Å²) >= 11 is 1.41. The second-order valence-corrected chi connectivity index (χ2v) is 6.07. The summed E-state index contributed by atoms with van der Waals surface area (Å²) in [6.45, 7) is 1.93. The van der Waals surface area contributed by atoms with Crippen LogP contribution in [0.15, 0.2) is 16.3 Å². The number of carbonyl (C=O) groups is 1. The van der Waals surface area contributed by atoms with E-state index in [1.165, 1.54) is 11.8 Å². The Morgan fingerprint density at radius 2 is 2.38 bits per heavy atom. The minimum Gasteiger partial charge on any atom is -0.462 e. The Morgan fingerprint density at radius 1 is 1.58 bits per heavy atom. The van der Waals surface area contributed by atoms with Crippen molar-refractivity contribution in [2.45, 2.75) is 31.3 Å². The maximum absolute atomic E-state index is 12.3. The van der Waals surface area contributed by atoms with E-state index in [2.05, 4.69) is 15.0 Å². The molecule has 2 N–H and O–H groups in total. The number of esters is 1. The number of nitrogens with zero attached hydrogens (tertiary/aromatic N) is 3. The van der Waals surface area contributed by atoms with Gasteiger partial charge in [-0.15, -0.1) is 0 Å². The lowest BCUT2D eigenvalue weighted by Crippen LogP contribution is -2.32. The quantitative estimate of drug-likeness (QED) is 0.265. The fourth-order valence-corrected chi connectivity index (χ4v) is 3.02. The molecule has 1 aliphatic carbocycles. The van der Waals surface area contributed by atoms with Crippen molar-refractivity contribution in [1.29, 1.82) is 5.41 Å². The molecule has 0 aliphatic heterocycles. The zero-order valence-corrected chi connectivity index (χ0v) is 14.7. The van der Waals surface area contributed by atoms with Crippen molar-refractivity contribution in [2.24, 2.45) is 10.9 Å². The number of hydrogen-bond acceptors (Lipinski definition) is 8. The first-order valence-corrected chi connectivity index (χ1v) is 9.15. The van der Waals surface area contributed by atoms with Gasteiger partial charge in [0.25, 0.3) is 0 Å². The van der Waals surface area contributed by atoms with Crippen LogP contribution < -0.4 is 0 Å². The second kappa shape index (κ2) is 8.89. The number of hydrogen-bond donors (Lipinski definition) is 2. The number of aliphatic imine (C=N–C) groups is 1. The molecule has 24 heavy (non-hydrogen) atoms. The number of aryl methyl sites for hydroxylation is 1. The second-order valence-electron chi connectivity index (χ2n) is 5.30. The van der Waals surface area contributed by atoms with Gasteiger partial charge in [-0.3, -0.25) is 4.99 Å². The van der Waals surface area contributed by atoms with Crippen LogP contribution in [0.5, 0.6) is 0 Å². The average Bonchev–Trinajstić information content (AvgIpc) is 2.75. The zero-order chi connectivity index (χ0) is 17.5. The van der Waals surface area contributed by atoms with Crippen molar-refractivity contribution in [3.8, 4) is 0 Å². The lowest BCUT2D eigenvalue weighted by atomic mass is 9.92. The fourth-order valence-electron chi connectivity index (χ4n) is 2.68. The van der Waals surface area contributed by atoms with Gasteiger partial charge in [-0.2, -0.15) is 0 Å². The number of carbonyl (C=O) groups excluding carboxylic acids is 1. The van der Waals surface area contributed by atoms with Gasteiger partial charge in [-0.1, -0.05) is 11.8 Å². The topological polar surface area (TPSA) is 109 Å². The van der Waals surface area contributed by atoms with E-state index in [0.717, 1.165) is 18.4 Å². The lowest BCUT2D eigenvalue weighted by molar-refractivity contribution is -0.135. The van der Waals surface area contributed by atoms with E-state index in [1.54, 1.807) is 13.1 Å². The maximum atomic E-state index is 12.3. The van der Waals surface area contributed by atoms with Crippen molar-refractivity contribution in [3.05, 3.63) is 17.5 Å². The van der Waals surface area contributed by atoms with E-state index in [1.807, 2.05) is 6.26 Å². The van der Waals surface area contributed by atoms with Crippen molar-refractivity contribution in [1.82, 2.24) is 9.97 Å². The molecule has 1 aliphatic rings. The molecule has 0 saturated carbocycles. The Kier molecular flexibility index (Phi) is 6.86. The first-order valence-electron chi connectivity index (χ1n) is 7.93. The van der Waals surface area contributed by atoms with Crippen LogP contribution in [0.2, 0.25) is 0 Å². The number of nitrogens with one attached hydrogen (secondary N) is 1. The summed E-state index contributed by atoms with van der Waals surface area (Å²) in [5.74, 6) is -0.996. The van der Waals surface area contributed by atoms with Gasteiger partial charge in [0.1, 0.15) is 5.71 Å². The van der Waals surface area contributed by atoms with E-state index in [4.69, 9.17) is 15.3 Å². The number of ether oxygens (including phenoxy) is 1. The molecule has 2 rings (SSSR count). The molecule has 0 saturated heterocycles. The summed E-state index contributed by atoms with van der Waals surface area (Å²) in [5, 5.41) is 18.2. The van der Waals surface area contributed by atoms with Crippen LogP contribution in [-0.4, -0.2) is 58.5 Å². The van der Waals surface area contributed by atoms with Gasteiger partial charge in [-0.25, -0.2) is 14.8 Å². The van der Waals surface area contributed by atoms with Crippen LogP contribution in [0.1, 0.15) is 31.0 Å². The number of aromatic nitrogens is 2. The molecule has 0 fully saturated rings. The van der Waals surface area contributed by atoms with Gasteiger partial charge in [0.15, 0.2) is 5.16 Å². The summed E-state index contributed by atoms with van der Waals surface area (Å²) in [6, 6.07) is 0. The smallest absolute Gasteiger partial charge is 0.352 e. The van der Waals surface area contributed by atoms with E-state index in [9.17, 15) is 4.79 Å². The van der Waals surface area contributed by atoms with Crippen molar-refractivity contribution >= 4 is 29.2 Å². The third-order valence-corrected chi connectivity index (χ3v) is 4.33. The summed E-state index contributed by atoms with van der Waals surface area (Å²) in [7, 11) is 0. The minimum absolute atomic E-state index is 0.116. The zero-order valence-electron chi connectivity index (χ0n) is 13.9. The molecule has 0 amide bonds. The highest BCUT2D eigenvalue weighted by Crippen LogP contribution is 2.26. The van der Waals surface area contributed by atoms with Crippen molar-refractivity contribution in [3.63, 3.8) is 0 Å². The monoisotopic (exact) mass is 350 g/mol. The predicted octanol–water partition coefficient (Wildman–Crippen LogP) is 1.52. The highest BCUT2D eigenvalue weighted by molar-refractivity contribution is 7.98. The number of rotatable bonds is 6. The number of aliphatic hydroxyl groups excluding tert-OH is 1. The van der Waals surface area contributed by atoms with Crippen LogP contribution in [0.3, 0.4) is 0 Å². The van der Waals surface area contributed by atoms with Crippen LogP contribution in [0, 0.1) is 11.3 Å². The average molecular weight is 350 g/mol. The van der Waals surface area contributed by atoms with Gasteiger partial charge in [0.05, 0.1) is 37.1 Å². The SMILES string of the molecule is CCOC(=O)C(=NCCO)C1CCCc2cnc(SC)nc2C1=N. The van der Waals surface area contributed by atoms with Gasteiger partial charge < -0.3 is 15.3 Å². The predicted molar refractivity (Wildman–Crippen MR) is 93.1 cm³/mol. The molecule has 130 valence electrons. The van der Waals surface area contributed by atoms with E-state index < -0.39 is 11.9 Å². The largest absolute Gasteiger partial charge is 0.462 e. The Bertz CT molecular complexity index is 648. The fraction of sp³-hybridized carbons (Fsp3) is 0.562. The highest BCUT2D eigenvalue weighted by Gasteiger charge is 2.32. The number of thioether (sulfide) groups is 1. The van der Waals surface area contributed by atoms with Gasteiger partial charge in [-0.05, 0) is 38.0 Å². The van der Waals surface area contributed by atoms with E-state index in [0.29, 0.717) is 17.3 Å². The summed E-state index contributed by atoms with van der Waals surface area (Å²) in [5.41, 5.74) is 1.97. The number of fused-ring (bicyclic) bond motifs is 1. The van der Waals surface area contributed by atoms with E-state index >= 15 is 0 Å². The molecule has 7 nitrogen and oxygen atoms in total. The minimum atomic E-state index is -0.525. The Hall–Kier alpha value is -1.80. The summed E-state index contributed by atoms with van der Waals surface area (Å²) in [4.78, 5) is 25.2. The van der Waals surface area contributed by atoms with Crippen molar-refractivity contribution in [2.75, 3.05) is 26.0 Å². The molecule has 0 aromatic carbocycles. The highest BCUT2D eigenvalue weighted by atomic mass is 32.2. The van der Waals surface area contributed by atoms with Crippen LogP contribution in [0.4, 0.5) is 0 Å². The molecule has 1 aromatic rings. The Morgan fingerprint density at radius 3 is 3.04 bits per heavy atom.